The summed E-state index contributed by atoms with van der Waals surface area (Å²) in [5.74, 6) is 2.36. The van der Waals surface area contributed by atoms with Gasteiger partial charge in [0, 0.05) is 49.2 Å². The number of pyridine rings is 1. The number of imidazole rings is 1. The molecule has 4 aromatic rings. The minimum atomic E-state index is -0.567. The van der Waals surface area contributed by atoms with Crippen molar-refractivity contribution in [3.8, 4) is 17.0 Å². The van der Waals surface area contributed by atoms with Crippen molar-refractivity contribution >= 4 is 23.4 Å². The maximum Gasteiger partial charge on any atom is 0.225 e. The van der Waals surface area contributed by atoms with E-state index in [-0.39, 0.29) is 6.04 Å². The van der Waals surface area contributed by atoms with Gasteiger partial charge in [0.25, 0.3) is 0 Å². The van der Waals surface area contributed by atoms with Gasteiger partial charge in [0.1, 0.15) is 35.8 Å². The van der Waals surface area contributed by atoms with Crippen molar-refractivity contribution < 1.29 is 19.0 Å². The highest BCUT2D eigenvalue weighted by Gasteiger charge is 2.47. The molecule has 3 aliphatic rings. The Bertz CT molecular complexity index is 1630. The quantitative estimate of drug-likeness (QED) is 0.332. The molecule has 3 aromatic heterocycles. The van der Waals surface area contributed by atoms with E-state index in [0.29, 0.717) is 45.4 Å². The molecule has 0 amide bonds. The van der Waals surface area contributed by atoms with Crippen LogP contribution in [0.4, 0.5) is 5.95 Å². The van der Waals surface area contributed by atoms with Crippen LogP contribution in [-0.4, -0.2) is 86.4 Å². The fourth-order valence-electron chi connectivity index (χ4n) is 6.31. The molecular weight excluding hydrogens is 534 g/mol. The molecule has 1 saturated heterocycles. The normalized spacial score (nSPS) is 23.0. The van der Waals surface area contributed by atoms with Gasteiger partial charge >= 0.3 is 0 Å². The number of fused-ring (bicyclic) bond motifs is 6. The van der Waals surface area contributed by atoms with Crippen LogP contribution in [0.2, 0.25) is 0 Å². The number of ether oxygens (including phenoxy) is 3. The number of carbonyl (C=O) groups excluding carboxylic acids is 1. The molecule has 2 unspecified atom stereocenters. The molecule has 218 valence electrons. The third-order valence-electron chi connectivity index (χ3n) is 8.23. The van der Waals surface area contributed by atoms with E-state index in [4.69, 9.17) is 34.1 Å². The average molecular weight is 570 g/mol. The fourth-order valence-corrected chi connectivity index (χ4v) is 6.31. The number of hydrogen-bond donors (Lipinski definition) is 0. The largest absolute Gasteiger partial charge is 0.490 e. The van der Waals surface area contributed by atoms with Crippen LogP contribution in [0.3, 0.4) is 0 Å². The van der Waals surface area contributed by atoms with Gasteiger partial charge in [-0.1, -0.05) is 18.2 Å². The number of carbonyl (C=O) groups is 1. The van der Waals surface area contributed by atoms with Crippen LogP contribution in [-0.2, 0) is 26.4 Å². The number of piperazine rings is 1. The molecule has 1 aromatic carbocycles. The molecule has 3 aliphatic heterocycles. The molecule has 1 fully saturated rings. The standard InChI is InChI=1S/C31H35N7O4/c1-20-15-36(27(16-39)42-30(2,3)4)11-12-37(20)29-32-13-21(14-33-29)23-9-10-24-28(35-23)38-26(34-24)17-40-18-31(38)19-41-25-8-6-5-7-22(25)31/h5-10,13-14,16,20,27H,11-12,15,17-19H2,1-4H3/t20-,27?,31?/m1/s1. The SMILES string of the molecule is C[C@@H]1CN(C(C=O)OC(C)(C)C)CCN1c1ncc(-c2ccc3nc4n(c3n2)C2(COC4)COc3ccccc32)cn1. The van der Waals surface area contributed by atoms with E-state index in [1.54, 1.807) is 0 Å². The molecule has 3 atom stereocenters. The molecule has 0 aliphatic carbocycles. The van der Waals surface area contributed by atoms with Crippen LogP contribution < -0.4 is 9.64 Å². The number of benzene rings is 1. The Morgan fingerprint density at radius 2 is 1.88 bits per heavy atom. The van der Waals surface area contributed by atoms with Gasteiger partial charge in [-0.3, -0.25) is 14.3 Å². The lowest BCUT2D eigenvalue weighted by Gasteiger charge is -2.42. The summed E-state index contributed by atoms with van der Waals surface area (Å²) >= 11 is 0. The predicted octanol–water partition coefficient (Wildman–Crippen LogP) is 3.41. The van der Waals surface area contributed by atoms with Gasteiger partial charge in [0.2, 0.25) is 5.95 Å². The summed E-state index contributed by atoms with van der Waals surface area (Å²) in [5, 5.41) is 0. The van der Waals surface area contributed by atoms with Gasteiger partial charge in [0.05, 0.1) is 17.9 Å². The summed E-state index contributed by atoms with van der Waals surface area (Å²) in [6.07, 6.45) is 3.97. The fraction of sp³-hybridized carbons (Fsp3) is 0.452. The van der Waals surface area contributed by atoms with E-state index in [9.17, 15) is 4.79 Å². The Labute approximate surface area is 244 Å². The van der Waals surface area contributed by atoms with E-state index in [0.717, 1.165) is 45.8 Å². The zero-order valence-electron chi connectivity index (χ0n) is 24.4. The summed E-state index contributed by atoms with van der Waals surface area (Å²) in [7, 11) is 0. The molecule has 7 rings (SSSR count). The van der Waals surface area contributed by atoms with E-state index >= 15 is 0 Å². The van der Waals surface area contributed by atoms with Crippen molar-refractivity contribution in [1.82, 2.24) is 29.4 Å². The summed E-state index contributed by atoms with van der Waals surface area (Å²) < 4.78 is 20.3. The first kappa shape index (κ1) is 26.9. The Balaban J connectivity index is 1.15. The number of anilines is 1. The van der Waals surface area contributed by atoms with Crippen LogP contribution in [0.25, 0.3) is 22.4 Å². The van der Waals surface area contributed by atoms with Crippen LogP contribution in [0, 0.1) is 0 Å². The highest BCUT2D eigenvalue weighted by molar-refractivity contribution is 5.77. The third kappa shape index (κ3) is 4.52. The summed E-state index contributed by atoms with van der Waals surface area (Å²) in [4.78, 5) is 35.4. The molecular formula is C31H35N7O4. The first-order valence-corrected chi connectivity index (χ1v) is 14.4. The molecule has 42 heavy (non-hydrogen) atoms. The molecule has 6 heterocycles. The highest BCUT2D eigenvalue weighted by atomic mass is 16.5. The number of aldehydes is 1. The molecule has 1 spiro atoms. The maximum atomic E-state index is 11.8. The second-order valence-electron chi connectivity index (χ2n) is 12.3. The van der Waals surface area contributed by atoms with Gasteiger partial charge in [-0.2, -0.15) is 0 Å². The van der Waals surface area contributed by atoms with Gasteiger partial charge in [0.15, 0.2) is 18.2 Å². The second kappa shape index (κ2) is 10.1. The van der Waals surface area contributed by atoms with Gasteiger partial charge in [-0.15, -0.1) is 0 Å². The van der Waals surface area contributed by atoms with Crippen LogP contribution in [0.1, 0.15) is 39.1 Å². The molecule has 11 nitrogen and oxygen atoms in total. The minimum Gasteiger partial charge on any atom is -0.490 e. The topological polar surface area (TPSA) is 108 Å². The number of rotatable bonds is 5. The van der Waals surface area contributed by atoms with Gasteiger partial charge in [-0.05, 0) is 45.9 Å². The number of para-hydroxylation sites is 1. The van der Waals surface area contributed by atoms with Crippen molar-refractivity contribution in [1.29, 1.82) is 0 Å². The molecule has 0 bridgehead atoms. The van der Waals surface area contributed by atoms with Crippen LogP contribution >= 0.6 is 0 Å². The third-order valence-corrected chi connectivity index (χ3v) is 8.23. The predicted molar refractivity (Wildman–Crippen MR) is 156 cm³/mol. The Hall–Kier alpha value is -3.93. The Morgan fingerprint density at radius 3 is 2.64 bits per heavy atom. The first-order valence-electron chi connectivity index (χ1n) is 14.4. The lowest BCUT2D eigenvalue weighted by molar-refractivity contribution is -0.153. The Morgan fingerprint density at radius 1 is 1.07 bits per heavy atom. The smallest absolute Gasteiger partial charge is 0.225 e. The van der Waals surface area contributed by atoms with Gasteiger partial charge < -0.3 is 19.1 Å². The van der Waals surface area contributed by atoms with Crippen molar-refractivity contribution in [2.45, 2.75) is 57.7 Å². The van der Waals surface area contributed by atoms with Crippen LogP contribution in [0.15, 0.2) is 48.8 Å². The highest BCUT2D eigenvalue weighted by Crippen LogP contribution is 2.44. The van der Waals surface area contributed by atoms with Crippen molar-refractivity contribution in [2.24, 2.45) is 0 Å². The zero-order valence-corrected chi connectivity index (χ0v) is 24.4. The lowest BCUT2D eigenvalue weighted by Crippen LogP contribution is -2.57. The molecule has 0 radical (unpaired) electrons. The monoisotopic (exact) mass is 569 g/mol. The lowest BCUT2D eigenvalue weighted by atomic mass is 9.91. The summed E-state index contributed by atoms with van der Waals surface area (Å²) in [5.41, 5.74) is 3.39. The van der Waals surface area contributed by atoms with E-state index in [2.05, 4.69) is 27.4 Å². The van der Waals surface area contributed by atoms with E-state index in [1.165, 1.54) is 0 Å². The molecule has 11 heteroatoms. The van der Waals surface area contributed by atoms with E-state index in [1.807, 2.05) is 63.5 Å². The van der Waals surface area contributed by atoms with E-state index < -0.39 is 17.4 Å². The number of aromatic nitrogens is 5. The van der Waals surface area contributed by atoms with Gasteiger partial charge in [-0.25, -0.2) is 19.9 Å². The average Bonchev–Trinajstić information content (AvgIpc) is 3.55. The molecule has 0 N–H and O–H groups in total. The summed E-state index contributed by atoms with van der Waals surface area (Å²) in [6, 6.07) is 12.2. The van der Waals surface area contributed by atoms with Crippen molar-refractivity contribution in [2.75, 3.05) is 37.7 Å². The first-order chi connectivity index (χ1) is 20.3. The zero-order chi connectivity index (χ0) is 29.1. The number of nitrogens with zero attached hydrogens (tertiary/aromatic N) is 7. The van der Waals surface area contributed by atoms with Crippen LogP contribution in [0.5, 0.6) is 5.75 Å². The minimum absolute atomic E-state index is 0.110. The second-order valence-corrected chi connectivity index (χ2v) is 12.3. The maximum absolute atomic E-state index is 11.8. The summed E-state index contributed by atoms with van der Waals surface area (Å²) in [6.45, 7) is 11.4. The Kier molecular flexibility index (Phi) is 6.48. The molecule has 0 saturated carbocycles. The number of hydrogen-bond acceptors (Lipinski definition) is 10. The van der Waals surface area contributed by atoms with Crippen molar-refractivity contribution in [3.63, 3.8) is 0 Å². The van der Waals surface area contributed by atoms with Crippen molar-refractivity contribution in [3.05, 3.63) is 60.2 Å².